The average molecular weight is 290 g/mol. The molecule has 0 aliphatic heterocycles. The highest BCUT2D eigenvalue weighted by molar-refractivity contribution is 5.29. The molecule has 0 radical (unpaired) electrons. The molecule has 1 unspecified atom stereocenters. The Labute approximate surface area is 131 Å². The monoisotopic (exact) mass is 290 g/mol. The van der Waals surface area contributed by atoms with E-state index in [1.54, 1.807) is 0 Å². The zero-order valence-electron chi connectivity index (χ0n) is 14.9. The fraction of sp³-hybridized carbons (Fsp3) is 0.684. The summed E-state index contributed by atoms with van der Waals surface area (Å²) < 4.78 is 0. The molecule has 0 spiro atoms. The van der Waals surface area contributed by atoms with Gasteiger partial charge in [-0.15, -0.1) is 0 Å². The van der Waals surface area contributed by atoms with Gasteiger partial charge in [-0.25, -0.2) is 0 Å². The van der Waals surface area contributed by atoms with Crippen molar-refractivity contribution in [1.29, 1.82) is 0 Å². The summed E-state index contributed by atoms with van der Waals surface area (Å²) in [5.74, 6) is 0. The van der Waals surface area contributed by atoms with E-state index in [0.29, 0.717) is 6.04 Å². The molecule has 0 aliphatic carbocycles. The molecular formula is C19H34N2. The van der Waals surface area contributed by atoms with Gasteiger partial charge in [0.05, 0.1) is 0 Å². The molecule has 0 amide bonds. The van der Waals surface area contributed by atoms with E-state index in [9.17, 15) is 0 Å². The second kappa shape index (κ2) is 8.55. The van der Waals surface area contributed by atoms with Crippen LogP contribution in [-0.4, -0.2) is 32.1 Å². The second-order valence-corrected chi connectivity index (χ2v) is 7.18. The van der Waals surface area contributed by atoms with Crippen molar-refractivity contribution in [2.75, 3.05) is 27.2 Å². The summed E-state index contributed by atoms with van der Waals surface area (Å²) in [5, 5.41) is 3.46. The van der Waals surface area contributed by atoms with Crippen LogP contribution in [0, 0.1) is 0 Å². The van der Waals surface area contributed by atoms with Gasteiger partial charge in [-0.3, -0.25) is 0 Å². The van der Waals surface area contributed by atoms with Gasteiger partial charge >= 0.3 is 0 Å². The number of hydrogen-bond donors (Lipinski definition) is 1. The first-order valence-electron chi connectivity index (χ1n) is 8.34. The number of nitrogens with one attached hydrogen (secondary N) is 1. The molecule has 0 heterocycles. The molecule has 0 aromatic heterocycles. The average Bonchev–Trinajstić information content (AvgIpc) is 2.44. The minimum Gasteiger partial charge on any atom is -0.312 e. The summed E-state index contributed by atoms with van der Waals surface area (Å²) in [6.07, 6.45) is 3.92. The molecule has 120 valence electrons. The van der Waals surface area contributed by atoms with Crippen molar-refractivity contribution in [3.8, 4) is 0 Å². The topological polar surface area (TPSA) is 15.3 Å². The Kier molecular flexibility index (Phi) is 7.41. The van der Waals surface area contributed by atoms with Gasteiger partial charge in [0.2, 0.25) is 0 Å². The number of unbranched alkanes of at least 4 members (excludes halogenated alkanes) is 2. The van der Waals surface area contributed by atoms with Crippen molar-refractivity contribution in [3.63, 3.8) is 0 Å². The summed E-state index contributed by atoms with van der Waals surface area (Å²) in [6.45, 7) is 11.3. The number of nitrogens with zero attached hydrogens (tertiary/aromatic N) is 1. The van der Waals surface area contributed by atoms with Crippen molar-refractivity contribution in [3.05, 3.63) is 35.4 Å². The second-order valence-electron chi connectivity index (χ2n) is 7.18. The van der Waals surface area contributed by atoms with Gasteiger partial charge in [0.15, 0.2) is 0 Å². The van der Waals surface area contributed by atoms with Gasteiger partial charge < -0.3 is 10.2 Å². The molecule has 1 aromatic carbocycles. The predicted molar refractivity (Wildman–Crippen MR) is 94.0 cm³/mol. The quantitative estimate of drug-likeness (QED) is 0.715. The normalized spacial score (nSPS) is 13.7. The first-order chi connectivity index (χ1) is 9.88. The fourth-order valence-corrected chi connectivity index (χ4v) is 2.61. The van der Waals surface area contributed by atoms with Crippen molar-refractivity contribution < 1.29 is 0 Å². The SMILES string of the molecule is CCCCCN(C)CC(NC)c1ccc(C(C)(C)C)cc1. The zero-order valence-corrected chi connectivity index (χ0v) is 14.9. The molecule has 0 fully saturated rings. The van der Waals surface area contributed by atoms with Gasteiger partial charge in [-0.05, 0) is 43.6 Å². The van der Waals surface area contributed by atoms with Crippen LogP contribution >= 0.6 is 0 Å². The molecular weight excluding hydrogens is 256 g/mol. The summed E-state index contributed by atoms with van der Waals surface area (Å²) in [6, 6.07) is 9.52. The number of hydrogen-bond acceptors (Lipinski definition) is 2. The van der Waals surface area contributed by atoms with Crippen LogP contribution in [0.2, 0.25) is 0 Å². The van der Waals surface area contributed by atoms with Gasteiger partial charge in [-0.1, -0.05) is 64.8 Å². The van der Waals surface area contributed by atoms with E-state index in [-0.39, 0.29) is 5.41 Å². The van der Waals surface area contributed by atoms with Crippen molar-refractivity contribution in [2.24, 2.45) is 0 Å². The van der Waals surface area contributed by atoms with Crippen LogP contribution in [0.5, 0.6) is 0 Å². The molecule has 2 nitrogen and oxygen atoms in total. The smallest absolute Gasteiger partial charge is 0.0446 e. The molecule has 0 aliphatic rings. The van der Waals surface area contributed by atoms with E-state index in [2.05, 4.69) is 76.3 Å². The molecule has 1 rings (SSSR count). The lowest BCUT2D eigenvalue weighted by Gasteiger charge is -2.25. The number of benzene rings is 1. The van der Waals surface area contributed by atoms with E-state index < -0.39 is 0 Å². The third kappa shape index (κ3) is 6.19. The lowest BCUT2D eigenvalue weighted by molar-refractivity contribution is 0.290. The fourth-order valence-electron chi connectivity index (χ4n) is 2.61. The minimum atomic E-state index is 0.227. The summed E-state index contributed by atoms with van der Waals surface area (Å²) in [5.41, 5.74) is 3.01. The molecule has 1 aromatic rings. The van der Waals surface area contributed by atoms with Crippen LogP contribution in [0.25, 0.3) is 0 Å². The summed E-state index contributed by atoms with van der Waals surface area (Å²) in [4.78, 5) is 2.44. The Bertz CT molecular complexity index is 389. The van der Waals surface area contributed by atoms with Crippen molar-refractivity contribution >= 4 is 0 Å². The molecule has 1 N–H and O–H groups in total. The van der Waals surface area contributed by atoms with Gasteiger partial charge in [0.25, 0.3) is 0 Å². The highest BCUT2D eigenvalue weighted by atomic mass is 15.1. The first kappa shape index (κ1) is 18.2. The van der Waals surface area contributed by atoms with Gasteiger partial charge in [0, 0.05) is 12.6 Å². The molecule has 21 heavy (non-hydrogen) atoms. The maximum absolute atomic E-state index is 3.46. The Morgan fingerprint density at radius 1 is 1.10 bits per heavy atom. The molecule has 1 atom stereocenters. The van der Waals surface area contributed by atoms with Crippen LogP contribution in [0.15, 0.2) is 24.3 Å². The maximum Gasteiger partial charge on any atom is 0.0446 e. The van der Waals surface area contributed by atoms with E-state index >= 15 is 0 Å². The third-order valence-corrected chi connectivity index (χ3v) is 4.17. The number of likely N-dealkylation sites (N-methyl/N-ethyl adjacent to an activating group) is 2. The van der Waals surface area contributed by atoms with Crippen molar-refractivity contribution in [1.82, 2.24) is 10.2 Å². The van der Waals surface area contributed by atoms with E-state index in [4.69, 9.17) is 0 Å². The van der Waals surface area contributed by atoms with E-state index in [1.165, 1.54) is 36.9 Å². The number of rotatable bonds is 8. The predicted octanol–water partition coefficient (Wildman–Crippen LogP) is 4.37. The van der Waals surface area contributed by atoms with Crippen LogP contribution < -0.4 is 5.32 Å². The Morgan fingerprint density at radius 3 is 2.19 bits per heavy atom. The molecule has 2 heteroatoms. The minimum absolute atomic E-state index is 0.227. The van der Waals surface area contributed by atoms with Crippen LogP contribution in [0.3, 0.4) is 0 Å². The highest BCUT2D eigenvalue weighted by Gasteiger charge is 2.15. The molecule has 0 bridgehead atoms. The largest absolute Gasteiger partial charge is 0.312 e. The van der Waals surface area contributed by atoms with Gasteiger partial charge in [0.1, 0.15) is 0 Å². The lowest BCUT2D eigenvalue weighted by atomic mass is 9.86. The van der Waals surface area contributed by atoms with Crippen molar-refractivity contribution in [2.45, 2.75) is 58.4 Å². The highest BCUT2D eigenvalue weighted by Crippen LogP contribution is 2.24. The van der Waals surface area contributed by atoms with E-state index in [0.717, 1.165) is 6.54 Å². The van der Waals surface area contributed by atoms with Gasteiger partial charge in [-0.2, -0.15) is 0 Å². The molecule has 0 saturated carbocycles. The molecule has 0 saturated heterocycles. The van der Waals surface area contributed by atoms with Crippen LogP contribution in [-0.2, 0) is 5.41 Å². The Morgan fingerprint density at radius 2 is 1.71 bits per heavy atom. The Hall–Kier alpha value is -0.860. The Balaban J connectivity index is 2.63. The maximum atomic E-state index is 3.46. The summed E-state index contributed by atoms with van der Waals surface area (Å²) in [7, 11) is 4.28. The lowest BCUT2D eigenvalue weighted by Crippen LogP contribution is -2.32. The first-order valence-corrected chi connectivity index (χ1v) is 8.34. The van der Waals surface area contributed by atoms with E-state index in [1.807, 2.05) is 0 Å². The third-order valence-electron chi connectivity index (χ3n) is 4.17. The van der Waals surface area contributed by atoms with Crippen LogP contribution in [0.4, 0.5) is 0 Å². The zero-order chi connectivity index (χ0) is 15.9. The summed E-state index contributed by atoms with van der Waals surface area (Å²) >= 11 is 0. The standard InChI is InChI=1S/C19H34N2/c1-7-8-9-14-21(6)15-18(20-5)16-10-12-17(13-11-16)19(2,3)4/h10-13,18,20H,7-9,14-15H2,1-6H3. The van der Waals surface area contributed by atoms with Crippen LogP contribution in [0.1, 0.15) is 64.1 Å².